The lowest BCUT2D eigenvalue weighted by Crippen LogP contribution is -2.03. The quantitative estimate of drug-likeness (QED) is 0.608. The molecular formula is C19H20ClN5O2. The molecule has 0 atom stereocenters. The second-order valence-electron chi connectivity index (χ2n) is 5.67. The van der Waals surface area contributed by atoms with Gasteiger partial charge in [-0.2, -0.15) is 10.1 Å². The number of aryl methyl sites for hydroxylation is 1. The van der Waals surface area contributed by atoms with Crippen LogP contribution in [0.3, 0.4) is 0 Å². The van der Waals surface area contributed by atoms with E-state index in [0.29, 0.717) is 34.8 Å². The van der Waals surface area contributed by atoms with Gasteiger partial charge in [-0.05, 0) is 49.7 Å². The average Bonchev–Trinajstić information content (AvgIpc) is 2.67. The highest BCUT2D eigenvalue weighted by molar-refractivity contribution is 6.31. The van der Waals surface area contributed by atoms with Crippen LogP contribution in [0.4, 0.5) is 23.1 Å². The number of hydrogen-bond acceptors (Lipinski definition) is 7. The van der Waals surface area contributed by atoms with Crippen LogP contribution in [0.25, 0.3) is 0 Å². The molecule has 0 bridgehead atoms. The molecule has 27 heavy (non-hydrogen) atoms. The largest absolute Gasteiger partial charge is 0.495 e. The second-order valence-corrected chi connectivity index (χ2v) is 6.08. The summed E-state index contributed by atoms with van der Waals surface area (Å²) in [6.45, 7) is 4.49. The first-order chi connectivity index (χ1) is 13.1. The van der Waals surface area contributed by atoms with E-state index in [9.17, 15) is 0 Å². The Hall–Kier alpha value is -3.06. The van der Waals surface area contributed by atoms with Crippen molar-refractivity contribution < 1.29 is 9.47 Å². The summed E-state index contributed by atoms with van der Waals surface area (Å²) in [4.78, 5) is 4.43. The van der Waals surface area contributed by atoms with Gasteiger partial charge in [0.2, 0.25) is 5.95 Å². The molecule has 0 aliphatic rings. The second kappa shape index (κ2) is 8.55. The monoisotopic (exact) mass is 385 g/mol. The van der Waals surface area contributed by atoms with Crippen LogP contribution in [0.1, 0.15) is 12.5 Å². The highest BCUT2D eigenvalue weighted by atomic mass is 35.5. The molecule has 0 unspecified atom stereocenters. The molecule has 3 aromatic rings. The normalized spacial score (nSPS) is 10.4. The number of methoxy groups -OCH3 is 1. The summed E-state index contributed by atoms with van der Waals surface area (Å²) in [6, 6.07) is 11.2. The SMILES string of the molecule is CCOc1ccc(Nc2cnnc(Nc3cc(C)c(Cl)cc3OC)n2)cc1. The van der Waals surface area contributed by atoms with Crippen LogP contribution in [-0.2, 0) is 0 Å². The zero-order valence-corrected chi connectivity index (χ0v) is 16.0. The van der Waals surface area contributed by atoms with Gasteiger partial charge >= 0.3 is 0 Å². The van der Waals surface area contributed by atoms with Crippen molar-refractivity contribution in [2.75, 3.05) is 24.4 Å². The first-order valence-electron chi connectivity index (χ1n) is 8.40. The predicted octanol–water partition coefficient (Wildman–Crippen LogP) is 4.73. The molecule has 2 N–H and O–H groups in total. The Morgan fingerprint density at radius 3 is 2.59 bits per heavy atom. The number of hydrogen-bond donors (Lipinski definition) is 2. The number of nitrogens with one attached hydrogen (secondary N) is 2. The Bertz CT molecular complexity index is 918. The fourth-order valence-electron chi connectivity index (χ4n) is 2.42. The molecule has 1 aromatic heterocycles. The summed E-state index contributed by atoms with van der Waals surface area (Å²) >= 11 is 6.14. The first-order valence-corrected chi connectivity index (χ1v) is 8.77. The number of benzene rings is 2. The zero-order chi connectivity index (χ0) is 19.2. The minimum Gasteiger partial charge on any atom is -0.495 e. The van der Waals surface area contributed by atoms with Gasteiger partial charge in [0, 0.05) is 16.8 Å². The summed E-state index contributed by atoms with van der Waals surface area (Å²) in [6.07, 6.45) is 1.55. The third-order valence-corrected chi connectivity index (χ3v) is 4.13. The maximum absolute atomic E-state index is 6.14. The average molecular weight is 386 g/mol. The lowest BCUT2D eigenvalue weighted by Gasteiger charge is -2.12. The van der Waals surface area contributed by atoms with Gasteiger partial charge in [0.15, 0.2) is 5.82 Å². The van der Waals surface area contributed by atoms with E-state index in [4.69, 9.17) is 21.1 Å². The Morgan fingerprint density at radius 2 is 1.89 bits per heavy atom. The number of ether oxygens (including phenoxy) is 2. The molecule has 8 heteroatoms. The highest BCUT2D eigenvalue weighted by Crippen LogP contribution is 2.32. The molecule has 0 radical (unpaired) electrons. The standard InChI is InChI=1S/C19H20ClN5O2/c1-4-27-14-7-5-13(6-8-14)22-18-11-21-25-19(24-18)23-16-9-12(2)15(20)10-17(16)26-3/h5-11H,4H2,1-3H3,(H2,22,23,24,25). The molecule has 3 rings (SSSR count). The van der Waals surface area contributed by atoms with Crippen LogP contribution in [-0.4, -0.2) is 28.9 Å². The molecule has 0 saturated heterocycles. The Morgan fingerprint density at radius 1 is 1.11 bits per heavy atom. The molecular weight excluding hydrogens is 366 g/mol. The Balaban J connectivity index is 1.77. The minimum absolute atomic E-state index is 0.339. The van der Waals surface area contributed by atoms with Crippen molar-refractivity contribution in [3.8, 4) is 11.5 Å². The maximum Gasteiger partial charge on any atom is 0.249 e. The summed E-state index contributed by atoms with van der Waals surface area (Å²) in [5.41, 5.74) is 2.49. The molecule has 7 nitrogen and oxygen atoms in total. The van der Waals surface area contributed by atoms with E-state index in [1.165, 1.54) is 0 Å². The predicted molar refractivity (Wildman–Crippen MR) is 107 cm³/mol. The van der Waals surface area contributed by atoms with E-state index >= 15 is 0 Å². The van der Waals surface area contributed by atoms with Crippen molar-refractivity contribution in [2.45, 2.75) is 13.8 Å². The van der Waals surface area contributed by atoms with Crippen molar-refractivity contribution in [2.24, 2.45) is 0 Å². The number of anilines is 4. The van der Waals surface area contributed by atoms with Gasteiger partial charge in [-0.3, -0.25) is 0 Å². The number of rotatable bonds is 7. The molecule has 1 heterocycles. The van der Waals surface area contributed by atoms with E-state index in [0.717, 1.165) is 17.0 Å². The third-order valence-electron chi connectivity index (χ3n) is 3.72. The van der Waals surface area contributed by atoms with Crippen LogP contribution in [0.2, 0.25) is 5.02 Å². The van der Waals surface area contributed by atoms with E-state index in [1.807, 2.05) is 44.2 Å². The Labute approximate surface area is 162 Å². The van der Waals surface area contributed by atoms with Crippen molar-refractivity contribution >= 4 is 34.7 Å². The fourth-order valence-corrected chi connectivity index (χ4v) is 2.57. The van der Waals surface area contributed by atoms with E-state index in [2.05, 4.69) is 25.8 Å². The molecule has 0 aliphatic heterocycles. The number of halogens is 1. The van der Waals surface area contributed by atoms with Crippen molar-refractivity contribution in [1.82, 2.24) is 15.2 Å². The lowest BCUT2D eigenvalue weighted by atomic mass is 10.2. The molecule has 140 valence electrons. The summed E-state index contributed by atoms with van der Waals surface area (Å²) < 4.78 is 10.8. The molecule has 0 aliphatic carbocycles. The van der Waals surface area contributed by atoms with Crippen LogP contribution >= 0.6 is 11.6 Å². The maximum atomic E-state index is 6.14. The zero-order valence-electron chi connectivity index (χ0n) is 15.3. The van der Waals surface area contributed by atoms with Crippen molar-refractivity contribution in [1.29, 1.82) is 0 Å². The first kappa shape index (κ1) is 18.7. The summed E-state index contributed by atoms with van der Waals surface area (Å²) in [5, 5.41) is 14.9. The van der Waals surface area contributed by atoms with Gasteiger partial charge in [-0.25, -0.2) is 0 Å². The van der Waals surface area contributed by atoms with E-state index < -0.39 is 0 Å². The van der Waals surface area contributed by atoms with Gasteiger partial charge in [0.05, 0.1) is 25.6 Å². The van der Waals surface area contributed by atoms with Crippen molar-refractivity contribution in [3.05, 3.63) is 53.2 Å². The lowest BCUT2D eigenvalue weighted by molar-refractivity contribution is 0.340. The third kappa shape index (κ3) is 4.77. The van der Waals surface area contributed by atoms with Gasteiger partial charge in [0.25, 0.3) is 0 Å². The smallest absolute Gasteiger partial charge is 0.249 e. The van der Waals surface area contributed by atoms with Gasteiger partial charge in [-0.15, -0.1) is 5.10 Å². The molecule has 0 spiro atoms. The van der Waals surface area contributed by atoms with Gasteiger partial charge in [0.1, 0.15) is 11.5 Å². The van der Waals surface area contributed by atoms with Gasteiger partial charge < -0.3 is 20.1 Å². The van der Waals surface area contributed by atoms with Crippen LogP contribution in [0.15, 0.2) is 42.6 Å². The van der Waals surface area contributed by atoms with Crippen LogP contribution in [0.5, 0.6) is 11.5 Å². The van der Waals surface area contributed by atoms with E-state index in [1.54, 1.807) is 19.4 Å². The van der Waals surface area contributed by atoms with Gasteiger partial charge in [-0.1, -0.05) is 11.6 Å². The topological polar surface area (TPSA) is 81.2 Å². The van der Waals surface area contributed by atoms with Crippen molar-refractivity contribution in [3.63, 3.8) is 0 Å². The summed E-state index contributed by atoms with van der Waals surface area (Å²) in [5.74, 6) is 2.31. The summed E-state index contributed by atoms with van der Waals surface area (Å²) in [7, 11) is 1.58. The Kier molecular flexibility index (Phi) is 5.93. The number of aromatic nitrogens is 3. The number of nitrogens with zero attached hydrogens (tertiary/aromatic N) is 3. The minimum atomic E-state index is 0.339. The molecule has 2 aromatic carbocycles. The van der Waals surface area contributed by atoms with Crippen LogP contribution < -0.4 is 20.1 Å². The molecule has 0 amide bonds. The van der Waals surface area contributed by atoms with Crippen LogP contribution in [0, 0.1) is 6.92 Å². The molecule has 0 fully saturated rings. The highest BCUT2D eigenvalue weighted by Gasteiger charge is 2.09. The molecule has 0 saturated carbocycles. The van der Waals surface area contributed by atoms with E-state index in [-0.39, 0.29) is 0 Å². The fraction of sp³-hybridized carbons (Fsp3) is 0.211.